The van der Waals surface area contributed by atoms with Gasteiger partial charge in [-0.15, -0.1) is 0 Å². The van der Waals surface area contributed by atoms with Crippen LogP contribution >= 0.6 is 0 Å². The largest absolute Gasteiger partial charge is 0.487 e. The molecule has 1 aromatic heterocycles. The van der Waals surface area contributed by atoms with E-state index < -0.39 is 0 Å². The van der Waals surface area contributed by atoms with E-state index in [1.54, 1.807) is 0 Å². The van der Waals surface area contributed by atoms with Crippen LogP contribution in [0.3, 0.4) is 0 Å². The number of benzene rings is 1. The summed E-state index contributed by atoms with van der Waals surface area (Å²) < 4.78 is 5.86. The Labute approximate surface area is 114 Å². The summed E-state index contributed by atoms with van der Waals surface area (Å²) in [7, 11) is 0. The fourth-order valence-electron chi connectivity index (χ4n) is 1.97. The zero-order chi connectivity index (χ0) is 13.7. The number of nitrogens with zero attached hydrogens (tertiary/aromatic N) is 1. The van der Waals surface area contributed by atoms with Crippen LogP contribution in [0.2, 0.25) is 0 Å². The lowest BCUT2D eigenvalue weighted by molar-refractivity contribution is 0.296. The van der Waals surface area contributed by atoms with Crippen molar-refractivity contribution in [2.45, 2.75) is 32.9 Å². The molecule has 1 atom stereocenters. The number of aromatic nitrogens is 1. The van der Waals surface area contributed by atoms with Gasteiger partial charge in [0.05, 0.1) is 5.69 Å². The highest BCUT2D eigenvalue weighted by molar-refractivity contribution is 5.35. The Morgan fingerprint density at radius 2 is 1.95 bits per heavy atom. The van der Waals surface area contributed by atoms with Crippen molar-refractivity contribution in [1.82, 2.24) is 4.98 Å². The highest BCUT2D eigenvalue weighted by Gasteiger charge is 2.10. The van der Waals surface area contributed by atoms with E-state index in [1.807, 2.05) is 49.4 Å². The maximum atomic E-state index is 6.09. The summed E-state index contributed by atoms with van der Waals surface area (Å²) in [6.07, 6.45) is 0.892. The summed E-state index contributed by atoms with van der Waals surface area (Å²) >= 11 is 0. The van der Waals surface area contributed by atoms with Gasteiger partial charge in [0.25, 0.3) is 0 Å². The summed E-state index contributed by atoms with van der Waals surface area (Å²) in [6, 6.07) is 13.9. The molecule has 2 aromatic rings. The van der Waals surface area contributed by atoms with Crippen molar-refractivity contribution < 1.29 is 4.74 Å². The van der Waals surface area contributed by atoms with Crippen LogP contribution in [0.5, 0.6) is 5.75 Å². The number of rotatable bonds is 5. The Morgan fingerprint density at radius 3 is 2.68 bits per heavy atom. The molecule has 0 radical (unpaired) electrons. The van der Waals surface area contributed by atoms with Gasteiger partial charge in [-0.05, 0) is 31.5 Å². The monoisotopic (exact) mass is 256 g/mol. The van der Waals surface area contributed by atoms with Crippen LogP contribution in [0, 0.1) is 6.92 Å². The zero-order valence-electron chi connectivity index (χ0n) is 11.5. The number of hydrogen-bond donors (Lipinski definition) is 1. The molecule has 1 aromatic carbocycles. The normalized spacial score (nSPS) is 12.2. The number of pyridine rings is 1. The molecule has 100 valence electrons. The molecule has 2 N–H and O–H groups in total. The Morgan fingerprint density at radius 1 is 1.16 bits per heavy atom. The second-order valence-corrected chi connectivity index (χ2v) is 4.61. The third kappa shape index (κ3) is 3.55. The molecule has 2 rings (SSSR count). The Balaban J connectivity index is 2.11. The van der Waals surface area contributed by atoms with Crippen LogP contribution in [0.4, 0.5) is 0 Å². The van der Waals surface area contributed by atoms with Gasteiger partial charge in [-0.2, -0.15) is 0 Å². The third-order valence-corrected chi connectivity index (χ3v) is 3.08. The molecular weight excluding hydrogens is 236 g/mol. The molecule has 1 heterocycles. The molecule has 0 saturated heterocycles. The first kappa shape index (κ1) is 13.6. The average Bonchev–Trinajstić information content (AvgIpc) is 2.45. The lowest BCUT2D eigenvalue weighted by Crippen LogP contribution is -2.11. The smallest absolute Gasteiger partial charge is 0.130 e. The van der Waals surface area contributed by atoms with E-state index >= 15 is 0 Å². The molecule has 0 aliphatic rings. The predicted octanol–water partition coefficient (Wildman–Crippen LogP) is 3.38. The van der Waals surface area contributed by atoms with Gasteiger partial charge in [0, 0.05) is 17.3 Å². The first-order valence-corrected chi connectivity index (χ1v) is 6.60. The molecule has 0 spiro atoms. The van der Waals surface area contributed by atoms with Gasteiger partial charge in [-0.25, -0.2) is 0 Å². The van der Waals surface area contributed by atoms with Crippen LogP contribution < -0.4 is 10.5 Å². The van der Waals surface area contributed by atoms with E-state index in [9.17, 15) is 0 Å². The summed E-state index contributed by atoms with van der Waals surface area (Å²) in [5.41, 5.74) is 9.08. The second kappa shape index (κ2) is 6.34. The van der Waals surface area contributed by atoms with Crippen LogP contribution in [0.25, 0.3) is 0 Å². The molecule has 0 amide bonds. The van der Waals surface area contributed by atoms with E-state index in [0.29, 0.717) is 6.61 Å². The first-order valence-electron chi connectivity index (χ1n) is 6.60. The number of nitrogens with two attached hydrogens (primary N) is 1. The maximum Gasteiger partial charge on any atom is 0.130 e. The molecule has 3 nitrogen and oxygen atoms in total. The maximum absolute atomic E-state index is 6.09. The van der Waals surface area contributed by atoms with Gasteiger partial charge < -0.3 is 10.5 Å². The highest BCUT2D eigenvalue weighted by atomic mass is 16.5. The van der Waals surface area contributed by atoms with E-state index in [2.05, 4.69) is 11.9 Å². The van der Waals surface area contributed by atoms with Gasteiger partial charge in [0.15, 0.2) is 0 Å². The minimum atomic E-state index is 0.0154. The number of aryl methyl sites for hydroxylation is 1. The minimum absolute atomic E-state index is 0.0154. The topological polar surface area (TPSA) is 48.1 Å². The second-order valence-electron chi connectivity index (χ2n) is 4.61. The number of hydrogen-bond acceptors (Lipinski definition) is 3. The molecule has 3 heteroatoms. The van der Waals surface area contributed by atoms with Crippen molar-refractivity contribution >= 4 is 0 Å². The van der Waals surface area contributed by atoms with Crippen molar-refractivity contribution in [3.8, 4) is 5.75 Å². The van der Waals surface area contributed by atoms with Crippen LogP contribution in [-0.4, -0.2) is 4.98 Å². The molecule has 0 aliphatic heterocycles. The zero-order valence-corrected chi connectivity index (χ0v) is 11.5. The van der Waals surface area contributed by atoms with Gasteiger partial charge >= 0.3 is 0 Å². The van der Waals surface area contributed by atoms with E-state index in [1.165, 1.54) is 0 Å². The molecule has 19 heavy (non-hydrogen) atoms. The number of ether oxygens (including phenoxy) is 1. The van der Waals surface area contributed by atoms with Crippen LogP contribution in [-0.2, 0) is 6.61 Å². The summed E-state index contributed by atoms with van der Waals surface area (Å²) in [4.78, 5) is 4.43. The van der Waals surface area contributed by atoms with E-state index in [0.717, 1.165) is 29.1 Å². The third-order valence-electron chi connectivity index (χ3n) is 3.08. The standard InChI is InChI=1S/C16H20N2O/c1-3-15(17)14-9-4-5-10-16(14)19-11-13-8-6-7-12(2)18-13/h4-10,15H,3,11,17H2,1-2H3/t15-/m0/s1. The van der Waals surface area contributed by atoms with Gasteiger partial charge in [-0.3, -0.25) is 4.98 Å². The van der Waals surface area contributed by atoms with Crippen LogP contribution in [0.15, 0.2) is 42.5 Å². The predicted molar refractivity (Wildman–Crippen MR) is 77.0 cm³/mol. The Bertz CT molecular complexity index is 540. The molecule has 0 fully saturated rings. The molecule has 0 saturated carbocycles. The Hall–Kier alpha value is -1.87. The summed E-state index contributed by atoms with van der Waals surface area (Å²) in [5, 5.41) is 0. The van der Waals surface area contributed by atoms with Gasteiger partial charge in [0.2, 0.25) is 0 Å². The van der Waals surface area contributed by atoms with Crippen molar-refractivity contribution in [3.63, 3.8) is 0 Å². The van der Waals surface area contributed by atoms with Crippen LogP contribution in [0.1, 0.15) is 36.3 Å². The summed E-state index contributed by atoms with van der Waals surface area (Å²) in [5.74, 6) is 0.847. The molecule has 0 aliphatic carbocycles. The van der Waals surface area contributed by atoms with Crippen molar-refractivity contribution in [2.75, 3.05) is 0 Å². The lowest BCUT2D eigenvalue weighted by Gasteiger charge is -2.15. The van der Waals surface area contributed by atoms with Gasteiger partial charge in [0.1, 0.15) is 12.4 Å². The molecule has 0 bridgehead atoms. The van der Waals surface area contributed by atoms with Crippen molar-refractivity contribution in [1.29, 1.82) is 0 Å². The molecular formula is C16H20N2O. The SMILES string of the molecule is CC[C@H](N)c1ccccc1OCc1cccc(C)n1. The Kier molecular flexibility index (Phi) is 4.53. The fraction of sp³-hybridized carbons (Fsp3) is 0.312. The van der Waals surface area contributed by atoms with Crippen molar-refractivity contribution in [3.05, 3.63) is 59.4 Å². The van der Waals surface area contributed by atoms with E-state index in [-0.39, 0.29) is 6.04 Å². The summed E-state index contributed by atoms with van der Waals surface area (Å²) in [6.45, 7) is 4.52. The minimum Gasteiger partial charge on any atom is -0.487 e. The first-order chi connectivity index (χ1) is 9.20. The van der Waals surface area contributed by atoms with Crippen molar-refractivity contribution in [2.24, 2.45) is 5.73 Å². The average molecular weight is 256 g/mol. The molecule has 0 unspecified atom stereocenters. The quantitative estimate of drug-likeness (QED) is 0.892. The lowest BCUT2D eigenvalue weighted by atomic mass is 10.0. The fourth-order valence-corrected chi connectivity index (χ4v) is 1.97. The van der Waals surface area contributed by atoms with Gasteiger partial charge in [-0.1, -0.05) is 31.2 Å². The highest BCUT2D eigenvalue weighted by Crippen LogP contribution is 2.25. The number of para-hydroxylation sites is 1. The van der Waals surface area contributed by atoms with E-state index in [4.69, 9.17) is 10.5 Å².